The number of urea groups is 1. The monoisotopic (exact) mass is 974 g/mol. The summed E-state index contributed by atoms with van der Waals surface area (Å²) in [5.41, 5.74) is 0. The van der Waals surface area contributed by atoms with Gasteiger partial charge in [-0.25, -0.2) is 9.36 Å². The molecule has 3 amide bonds. The highest BCUT2D eigenvalue weighted by atomic mass is 32.2. The number of unbranched alkanes of at least 4 members (excludes halogenated alkanes) is 29. The molecule has 0 aromatic heterocycles. The third kappa shape index (κ3) is 33.6. The summed E-state index contributed by atoms with van der Waals surface area (Å²) < 4.78 is 34.1. The highest BCUT2D eigenvalue weighted by molar-refractivity contribution is 8.00. The van der Waals surface area contributed by atoms with E-state index in [-0.39, 0.29) is 56.6 Å². The fourth-order valence-electron chi connectivity index (χ4n) is 8.83. The fraction of sp³-hybridized carbons (Fsp3) is 0.922. The van der Waals surface area contributed by atoms with Crippen LogP contribution in [0.4, 0.5) is 4.79 Å². The van der Waals surface area contributed by atoms with Gasteiger partial charge in [0, 0.05) is 36.8 Å². The van der Waals surface area contributed by atoms with Gasteiger partial charge >= 0.3 is 25.8 Å². The normalized spacial score (nSPS) is 18.0. The number of carbonyl (C=O) groups excluding carboxylic acids is 4. The van der Waals surface area contributed by atoms with E-state index in [0.29, 0.717) is 30.9 Å². The largest absolute Gasteiger partial charge is 0.472 e. The molecule has 0 aromatic rings. The van der Waals surface area contributed by atoms with Crippen LogP contribution in [0.2, 0.25) is 0 Å². The Morgan fingerprint density at radius 1 is 0.621 bits per heavy atom. The molecule has 13 nitrogen and oxygen atoms in total. The Kier molecular flexibility index (Phi) is 37.4. The van der Waals surface area contributed by atoms with Crippen molar-refractivity contribution in [3.05, 3.63) is 0 Å². The molecule has 2 unspecified atom stereocenters. The molecule has 2 aliphatic heterocycles. The van der Waals surface area contributed by atoms with Crippen LogP contribution in [-0.2, 0) is 37.5 Å². The molecule has 15 heteroatoms. The second-order valence-corrected chi connectivity index (χ2v) is 21.7. The van der Waals surface area contributed by atoms with Gasteiger partial charge in [-0.1, -0.05) is 200 Å². The lowest BCUT2D eigenvalue weighted by atomic mass is 10.0. The van der Waals surface area contributed by atoms with Crippen molar-refractivity contribution in [2.75, 3.05) is 32.1 Å². The SMILES string of the molecule is CCCCCCCCCCCCCCCCCC(=O)OCC(COP(=O)(O)OCCNC(=O)CCCC[C@@H]1SC[C@@H]2NC(=O)N[C@@H]21)OC(=O)CCCCCCCCCCCCCCCCC. The van der Waals surface area contributed by atoms with Crippen LogP contribution in [0.15, 0.2) is 0 Å². The quantitative estimate of drug-likeness (QED) is 0.0197. The van der Waals surface area contributed by atoms with Gasteiger partial charge in [0.05, 0.1) is 25.3 Å². The van der Waals surface area contributed by atoms with Crippen molar-refractivity contribution in [1.29, 1.82) is 0 Å². The summed E-state index contributed by atoms with van der Waals surface area (Å²) in [7, 11) is -4.57. The molecule has 2 saturated heterocycles. The Hall–Kier alpha value is -1.86. The Morgan fingerprint density at radius 3 is 1.58 bits per heavy atom. The fourth-order valence-corrected chi connectivity index (χ4v) is 11.1. The van der Waals surface area contributed by atoms with Crippen molar-refractivity contribution >= 4 is 43.5 Å². The molecule has 0 aromatic carbocycles. The first-order valence-electron chi connectivity index (χ1n) is 27.1. The molecular formula is C51H96N3O10PS. The first kappa shape index (κ1) is 60.3. The molecule has 386 valence electrons. The van der Waals surface area contributed by atoms with Crippen LogP contribution < -0.4 is 16.0 Å². The second kappa shape index (κ2) is 41.0. The zero-order valence-electron chi connectivity index (χ0n) is 41.8. The van der Waals surface area contributed by atoms with Crippen LogP contribution in [0, 0.1) is 0 Å². The number of carbonyl (C=O) groups is 4. The van der Waals surface area contributed by atoms with Crippen molar-refractivity contribution < 1.29 is 47.2 Å². The van der Waals surface area contributed by atoms with Crippen molar-refractivity contribution in [2.45, 2.75) is 268 Å². The lowest BCUT2D eigenvalue weighted by molar-refractivity contribution is -0.161. The number of hydrogen-bond donors (Lipinski definition) is 4. The molecular weight excluding hydrogens is 878 g/mol. The van der Waals surface area contributed by atoms with E-state index in [4.69, 9.17) is 18.5 Å². The molecule has 2 heterocycles. The van der Waals surface area contributed by atoms with Crippen LogP contribution in [0.1, 0.15) is 245 Å². The molecule has 66 heavy (non-hydrogen) atoms. The Balaban J connectivity index is 1.62. The maximum Gasteiger partial charge on any atom is 0.472 e. The summed E-state index contributed by atoms with van der Waals surface area (Å²) in [5, 5.41) is 8.95. The van der Waals surface area contributed by atoms with Crippen molar-refractivity contribution in [1.82, 2.24) is 16.0 Å². The summed E-state index contributed by atoms with van der Waals surface area (Å²) in [6.45, 7) is 3.49. The second-order valence-electron chi connectivity index (χ2n) is 19.0. The van der Waals surface area contributed by atoms with Crippen LogP contribution in [-0.4, -0.2) is 84.3 Å². The zero-order valence-corrected chi connectivity index (χ0v) is 43.5. The molecule has 0 spiro atoms. The van der Waals surface area contributed by atoms with E-state index in [0.717, 1.165) is 50.7 Å². The first-order chi connectivity index (χ1) is 32.1. The van der Waals surface area contributed by atoms with Gasteiger partial charge in [0.25, 0.3) is 0 Å². The summed E-state index contributed by atoms with van der Waals surface area (Å²) in [6.07, 6.45) is 39.0. The van der Waals surface area contributed by atoms with E-state index < -0.39 is 32.5 Å². The van der Waals surface area contributed by atoms with Gasteiger partial charge < -0.3 is 30.3 Å². The highest BCUT2D eigenvalue weighted by Crippen LogP contribution is 2.43. The maximum atomic E-state index is 12.8. The molecule has 0 bridgehead atoms. The standard InChI is InChI=1S/C51H96N3O10PS/c1-3-5-7-9-11-13-15-17-19-21-23-25-27-29-31-37-48(56)61-41-44(64-49(57)38-32-30-28-26-24-22-20-18-16-14-12-10-8-6-4-2)42-63-65(59,60)62-40-39-52-47(55)36-34-33-35-46-50-45(43-66-46)53-51(58)54-50/h44-46,50H,3-43H2,1-2H3,(H,52,55)(H,59,60)(H2,53,54,58)/t44?,45-,46-,50-/m0/s1. The highest BCUT2D eigenvalue weighted by Gasteiger charge is 2.42. The van der Waals surface area contributed by atoms with Gasteiger partial charge in [-0.2, -0.15) is 11.8 Å². The first-order valence-corrected chi connectivity index (χ1v) is 29.6. The van der Waals surface area contributed by atoms with E-state index in [9.17, 15) is 28.6 Å². The van der Waals surface area contributed by atoms with Gasteiger partial charge in [0.2, 0.25) is 5.91 Å². The number of phosphoric ester groups is 1. The summed E-state index contributed by atoms with van der Waals surface area (Å²) in [5.74, 6) is -0.169. The van der Waals surface area contributed by atoms with Crippen molar-refractivity contribution in [3.63, 3.8) is 0 Å². The number of rotatable bonds is 47. The van der Waals surface area contributed by atoms with Crippen LogP contribution in [0.5, 0.6) is 0 Å². The van der Waals surface area contributed by atoms with Gasteiger partial charge in [0.15, 0.2) is 6.10 Å². The zero-order chi connectivity index (χ0) is 47.8. The average Bonchev–Trinajstić information content (AvgIpc) is 3.86. The lowest BCUT2D eigenvalue weighted by Gasteiger charge is -2.20. The van der Waals surface area contributed by atoms with Crippen molar-refractivity contribution in [2.24, 2.45) is 0 Å². The van der Waals surface area contributed by atoms with Gasteiger partial charge in [0.1, 0.15) is 6.61 Å². The van der Waals surface area contributed by atoms with Crippen LogP contribution in [0.3, 0.4) is 0 Å². The van der Waals surface area contributed by atoms with Gasteiger partial charge in [-0.3, -0.25) is 23.4 Å². The minimum absolute atomic E-state index is 0.0151. The summed E-state index contributed by atoms with van der Waals surface area (Å²) in [4.78, 5) is 59.8. The molecule has 2 fully saturated rings. The summed E-state index contributed by atoms with van der Waals surface area (Å²) >= 11 is 1.84. The predicted octanol–water partition coefficient (Wildman–Crippen LogP) is 12.9. The Labute approximate surface area is 405 Å². The van der Waals surface area contributed by atoms with Crippen molar-refractivity contribution in [3.8, 4) is 0 Å². The lowest BCUT2D eigenvalue weighted by Crippen LogP contribution is -2.36. The van der Waals surface area contributed by atoms with Crippen LogP contribution >= 0.6 is 19.6 Å². The molecule has 0 aliphatic carbocycles. The number of phosphoric acid groups is 1. The topological polar surface area (TPSA) is 179 Å². The van der Waals surface area contributed by atoms with E-state index in [1.54, 1.807) is 0 Å². The van der Waals surface area contributed by atoms with E-state index >= 15 is 0 Å². The van der Waals surface area contributed by atoms with Crippen LogP contribution in [0.25, 0.3) is 0 Å². The number of amides is 3. The Morgan fingerprint density at radius 2 is 1.08 bits per heavy atom. The number of fused-ring (bicyclic) bond motifs is 1. The number of hydrogen-bond acceptors (Lipinski definition) is 10. The smallest absolute Gasteiger partial charge is 0.462 e. The number of esters is 2. The number of ether oxygens (including phenoxy) is 2. The average molecular weight is 974 g/mol. The molecule has 5 atom stereocenters. The van der Waals surface area contributed by atoms with Gasteiger partial charge in [-0.05, 0) is 25.7 Å². The molecule has 0 saturated carbocycles. The predicted molar refractivity (Wildman–Crippen MR) is 269 cm³/mol. The summed E-state index contributed by atoms with van der Waals surface area (Å²) in [6, 6.07) is 0.201. The molecule has 2 aliphatic rings. The molecule has 0 radical (unpaired) electrons. The van der Waals surface area contributed by atoms with E-state index in [1.165, 1.54) is 148 Å². The van der Waals surface area contributed by atoms with Gasteiger partial charge in [-0.15, -0.1) is 0 Å². The number of nitrogens with one attached hydrogen (secondary N) is 3. The molecule has 2 rings (SSSR count). The third-order valence-electron chi connectivity index (χ3n) is 12.9. The number of thioether (sulfide) groups is 1. The van der Waals surface area contributed by atoms with E-state index in [2.05, 4.69) is 29.8 Å². The third-order valence-corrected chi connectivity index (χ3v) is 15.4. The maximum absolute atomic E-state index is 12.8. The van der Waals surface area contributed by atoms with E-state index in [1.807, 2.05) is 11.8 Å². The molecule has 4 N–H and O–H groups in total. The minimum atomic E-state index is -4.57. The Bertz CT molecular complexity index is 1300. The minimum Gasteiger partial charge on any atom is -0.462 e.